The molecule has 0 radical (unpaired) electrons. The van der Waals surface area contributed by atoms with Gasteiger partial charge in [-0.15, -0.1) is 13.2 Å². The van der Waals surface area contributed by atoms with Crippen LogP contribution in [0.15, 0.2) is 29.4 Å². The average molecular weight is 360 g/mol. The number of benzene rings is 1. The molecule has 1 heterocycles. The molecule has 0 fully saturated rings. The largest absolute Gasteiger partial charge is 0.573 e. The Bertz CT molecular complexity index is 669. The third kappa shape index (κ3) is 5.17. The summed E-state index contributed by atoms with van der Waals surface area (Å²) >= 11 is 1.54. The second kappa shape index (κ2) is 7.94. The molecule has 0 spiro atoms. The lowest BCUT2D eigenvalue weighted by atomic mass is 10.2. The number of aromatic nitrogens is 2. The Balaban J connectivity index is 2.02. The minimum Gasteiger partial charge on any atom is -0.406 e. The lowest BCUT2D eigenvalue weighted by molar-refractivity contribution is -0.274. The number of methoxy groups -OCH3 is 1. The van der Waals surface area contributed by atoms with E-state index in [0.717, 1.165) is 22.1 Å². The molecule has 0 unspecified atom stereocenters. The van der Waals surface area contributed by atoms with E-state index >= 15 is 0 Å². The smallest absolute Gasteiger partial charge is 0.406 e. The van der Waals surface area contributed by atoms with Crippen LogP contribution in [0, 0.1) is 13.8 Å². The van der Waals surface area contributed by atoms with Gasteiger partial charge >= 0.3 is 6.36 Å². The van der Waals surface area contributed by atoms with Gasteiger partial charge in [-0.2, -0.15) is 0 Å². The minimum absolute atomic E-state index is 0.218. The Morgan fingerprint density at radius 3 is 2.42 bits per heavy atom. The Hall–Kier alpha value is -1.67. The summed E-state index contributed by atoms with van der Waals surface area (Å²) in [6.07, 6.45) is -4.67. The second-order valence-electron chi connectivity index (χ2n) is 5.19. The van der Waals surface area contributed by atoms with Gasteiger partial charge in [0.05, 0.1) is 12.3 Å². The van der Waals surface area contributed by atoms with E-state index in [2.05, 4.69) is 14.3 Å². The standard InChI is InChI=1S/C16H19F3N2O2S/c1-11-12(2)21(8-9-22-3)15(20-11)24-10-13-4-6-14(7-5-13)23-16(17,18)19/h4-7H,8-10H2,1-3H3. The SMILES string of the molecule is COCCn1c(SCc2ccc(OC(F)(F)F)cc2)nc(C)c1C. The summed E-state index contributed by atoms with van der Waals surface area (Å²) in [6.45, 7) is 5.26. The van der Waals surface area contributed by atoms with Gasteiger partial charge in [0, 0.05) is 25.1 Å². The van der Waals surface area contributed by atoms with Gasteiger partial charge in [-0.3, -0.25) is 0 Å². The van der Waals surface area contributed by atoms with Gasteiger partial charge in [-0.1, -0.05) is 23.9 Å². The number of thioether (sulfide) groups is 1. The Labute approximate surface area is 143 Å². The molecule has 8 heteroatoms. The first-order chi connectivity index (χ1) is 11.3. The van der Waals surface area contributed by atoms with Crippen molar-refractivity contribution in [2.45, 2.75) is 37.7 Å². The Morgan fingerprint density at radius 2 is 1.83 bits per heavy atom. The highest BCUT2D eigenvalue weighted by Gasteiger charge is 2.30. The van der Waals surface area contributed by atoms with Crippen LogP contribution in [0.3, 0.4) is 0 Å². The summed E-state index contributed by atoms with van der Waals surface area (Å²) in [4.78, 5) is 4.54. The number of rotatable bonds is 7. The van der Waals surface area contributed by atoms with E-state index < -0.39 is 6.36 Å². The minimum atomic E-state index is -4.67. The molecule has 2 aromatic rings. The maximum absolute atomic E-state index is 12.2. The fourth-order valence-electron chi connectivity index (χ4n) is 2.11. The molecule has 0 aliphatic rings. The average Bonchev–Trinajstić information content (AvgIpc) is 2.78. The molecule has 0 aliphatic carbocycles. The maximum atomic E-state index is 12.2. The number of halogens is 3. The molecule has 1 aromatic heterocycles. The molecule has 24 heavy (non-hydrogen) atoms. The fourth-order valence-corrected chi connectivity index (χ4v) is 3.19. The third-order valence-corrected chi connectivity index (χ3v) is 4.51. The van der Waals surface area contributed by atoms with Crippen molar-refractivity contribution < 1.29 is 22.6 Å². The van der Waals surface area contributed by atoms with Crippen LogP contribution >= 0.6 is 11.8 Å². The zero-order chi connectivity index (χ0) is 17.7. The summed E-state index contributed by atoms with van der Waals surface area (Å²) in [5.74, 6) is 0.388. The quantitative estimate of drug-likeness (QED) is 0.689. The van der Waals surface area contributed by atoms with Crippen LogP contribution < -0.4 is 4.74 Å². The van der Waals surface area contributed by atoms with Crippen molar-refractivity contribution in [2.75, 3.05) is 13.7 Å². The predicted octanol–water partition coefficient (Wildman–Crippen LogP) is 4.34. The molecule has 0 amide bonds. The van der Waals surface area contributed by atoms with Gasteiger partial charge in [0.1, 0.15) is 5.75 Å². The van der Waals surface area contributed by atoms with Crippen LogP contribution in [0.2, 0.25) is 0 Å². The topological polar surface area (TPSA) is 36.3 Å². The van der Waals surface area contributed by atoms with Crippen molar-refractivity contribution in [3.63, 3.8) is 0 Å². The van der Waals surface area contributed by atoms with Gasteiger partial charge in [0.25, 0.3) is 0 Å². The molecule has 4 nitrogen and oxygen atoms in total. The van der Waals surface area contributed by atoms with Crippen LogP contribution in [-0.2, 0) is 17.0 Å². The molecular weight excluding hydrogens is 341 g/mol. The Kier molecular flexibility index (Phi) is 6.17. The second-order valence-corrected chi connectivity index (χ2v) is 6.13. The number of hydrogen-bond acceptors (Lipinski definition) is 4. The number of imidazole rings is 1. The van der Waals surface area contributed by atoms with Crippen molar-refractivity contribution in [1.29, 1.82) is 0 Å². The van der Waals surface area contributed by atoms with Crippen molar-refractivity contribution in [3.8, 4) is 5.75 Å². The summed E-state index contributed by atoms with van der Waals surface area (Å²) in [5.41, 5.74) is 2.94. The van der Waals surface area contributed by atoms with Crippen molar-refractivity contribution in [1.82, 2.24) is 9.55 Å². The lowest BCUT2D eigenvalue weighted by Gasteiger charge is -2.10. The first-order valence-electron chi connectivity index (χ1n) is 7.30. The number of aryl methyl sites for hydroxylation is 1. The summed E-state index contributed by atoms with van der Waals surface area (Å²) in [5, 5.41) is 0.873. The summed E-state index contributed by atoms with van der Waals surface area (Å²) in [7, 11) is 1.65. The van der Waals surface area contributed by atoms with E-state index in [4.69, 9.17) is 4.74 Å². The van der Waals surface area contributed by atoms with Crippen molar-refractivity contribution in [3.05, 3.63) is 41.2 Å². The van der Waals surface area contributed by atoms with Crippen molar-refractivity contribution >= 4 is 11.8 Å². The highest BCUT2D eigenvalue weighted by molar-refractivity contribution is 7.98. The maximum Gasteiger partial charge on any atom is 0.573 e. The first-order valence-corrected chi connectivity index (χ1v) is 8.29. The zero-order valence-corrected chi connectivity index (χ0v) is 14.5. The van der Waals surface area contributed by atoms with Gasteiger partial charge in [0.15, 0.2) is 5.16 Å². The normalized spacial score (nSPS) is 11.8. The van der Waals surface area contributed by atoms with Crippen LogP contribution in [-0.4, -0.2) is 29.6 Å². The number of nitrogens with zero attached hydrogens (tertiary/aromatic N) is 2. The van der Waals surface area contributed by atoms with Crippen LogP contribution in [0.5, 0.6) is 5.75 Å². The zero-order valence-electron chi connectivity index (χ0n) is 13.7. The lowest BCUT2D eigenvalue weighted by Crippen LogP contribution is -2.16. The van der Waals surface area contributed by atoms with E-state index in [1.165, 1.54) is 23.9 Å². The molecular formula is C16H19F3N2O2S. The van der Waals surface area contributed by atoms with E-state index in [1.807, 2.05) is 13.8 Å². The fraction of sp³-hybridized carbons (Fsp3) is 0.438. The van der Waals surface area contributed by atoms with E-state index in [1.54, 1.807) is 19.2 Å². The molecule has 1 aromatic carbocycles. The van der Waals surface area contributed by atoms with Gasteiger partial charge in [-0.25, -0.2) is 4.98 Å². The summed E-state index contributed by atoms with van der Waals surface area (Å²) < 4.78 is 47.5. The monoisotopic (exact) mass is 360 g/mol. The molecule has 0 saturated heterocycles. The van der Waals surface area contributed by atoms with Crippen LogP contribution in [0.4, 0.5) is 13.2 Å². The van der Waals surface area contributed by atoms with E-state index in [0.29, 0.717) is 18.9 Å². The molecule has 0 saturated carbocycles. The molecule has 0 N–H and O–H groups in total. The molecule has 132 valence electrons. The Morgan fingerprint density at radius 1 is 1.17 bits per heavy atom. The van der Waals surface area contributed by atoms with Crippen molar-refractivity contribution in [2.24, 2.45) is 0 Å². The highest BCUT2D eigenvalue weighted by atomic mass is 32.2. The molecule has 2 rings (SSSR count). The number of hydrogen-bond donors (Lipinski definition) is 0. The van der Waals surface area contributed by atoms with Gasteiger partial charge < -0.3 is 14.0 Å². The van der Waals surface area contributed by atoms with Gasteiger partial charge in [0.2, 0.25) is 0 Å². The predicted molar refractivity (Wildman–Crippen MR) is 86.3 cm³/mol. The summed E-state index contributed by atoms with van der Waals surface area (Å²) in [6, 6.07) is 5.88. The third-order valence-electron chi connectivity index (χ3n) is 3.47. The van der Waals surface area contributed by atoms with E-state index in [9.17, 15) is 13.2 Å². The highest BCUT2D eigenvalue weighted by Crippen LogP contribution is 2.27. The van der Waals surface area contributed by atoms with Gasteiger partial charge in [-0.05, 0) is 31.5 Å². The van der Waals surface area contributed by atoms with E-state index in [-0.39, 0.29) is 5.75 Å². The molecule has 0 aliphatic heterocycles. The van der Waals surface area contributed by atoms with Crippen LogP contribution in [0.1, 0.15) is 17.0 Å². The first kappa shape index (κ1) is 18.7. The number of alkyl halides is 3. The number of ether oxygens (including phenoxy) is 2. The van der Waals surface area contributed by atoms with Crippen LogP contribution in [0.25, 0.3) is 0 Å². The molecule has 0 bridgehead atoms. The molecule has 0 atom stereocenters.